The van der Waals surface area contributed by atoms with Gasteiger partial charge in [0.05, 0.1) is 11.2 Å². The molecular formula is C14H17BrINO2. The van der Waals surface area contributed by atoms with Gasteiger partial charge in [0.2, 0.25) is 0 Å². The Kier molecular flexibility index (Phi) is 4.89. The number of hydrogen-bond acceptors (Lipinski definition) is 2. The van der Waals surface area contributed by atoms with E-state index in [0.29, 0.717) is 25.1 Å². The topological polar surface area (TPSA) is 40.5 Å². The smallest absolute Gasteiger partial charge is 0.255 e. The molecule has 0 aromatic heterocycles. The number of carbonyl (C=O) groups is 1. The van der Waals surface area contributed by atoms with Crippen LogP contribution in [-0.4, -0.2) is 34.6 Å². The molecule has 2 rings (SSSR count). The molecule has 1 saturated heterocycles. The minimum atomic E-state index is -0.641. The summed E-state index contributed by atoms with van der Waals surface area (Å²) in [5, 5.41) is 10.1. The van der Waals surface area contributed by atoms with E-state index in [0.717, 1.165) is 20.9 Å². The summed E-state index contributed by atoms with van der Waals surface area (Å²) >= 11 is 5.65. The monoisotopic (exact) mass is 437 g/mol. The first-order valence-corrected chi connectivity index (χ1v) is 8.23. The van der Waals surface area contributed by atoms with Crippen LogP contribution >= 0.6 is 38.5 Å². The van der Waals surface area contributed by atoms with E-state index >= 15 is 0 Å². The van der Waals surface area contributed by atoms with E-state index in [2.05, 4.69) is 38.5 Å². The minimum Gasteiger partial charge on any atom is -0.390 e. The van der Waals surface area contributed by atoms with Gasteiger partial charge in [-0.2, -0.15) is 0 Å². The predicted octanol–water partition coefficient (Wildman–Crippen LogP) is 3.43. The molecule has 1 aromatic rings. The van der Waals surface area contributed by atoms with Crippen LogP contribution in [0.3, 0.4) is 0 Å². The number of halogens is 2. The molecule has 0 radical (unpaired) electrons. The second kappa shape index (κ2) is 6.10. The zero-order chi connectivity index (χ0) is 14.0. The van der Waals surface area contributed by atoms with E-state index in [1.807, 2.05) is 30.0 Å². The summed E-state index contributed by atoms with van der Waals surface area (Å²) in [6.45, 7) is 3.18. The highest BCUT2D eigenvalue weighted by Crippen LogP contribution is 2.25. The van der Waals surface area contributed by atoms with E-state index in [4.69, 9.17) is 0 Å². The van der Waals surface area contributed by atoms with Gasteiger partial charge in [-0.05, 0) is 82.9 Å². The van der Waals surface area contributed by atoms with Crippen molar-refractivity contribution in [1.82, 2.24) is 4.90 Å². The van der Waals surface area contributed by atoms with Crippen LogP contribution in [0.25, 0.3) is 0 Å². The molecule has 5 heteroatoms. The van der Waals surface area contributed by atoms with Crippen LogP contribution in [0.1, 0.15) is 36.5 Å². The Morgan fingerprint density at radius 2 is 2.16 bits per heavy atom. The quantitative estimate of drug-likeness (QED) is 0.683. The van der Waals surface area contributed by atoms with Gasteiger partial charge in [0.25, 0.3) is 5.91 Å². The summed E-state index contributed by atoms with van der Waals surface area (Å²) in [6.07, 6.45) is 2.24. The molecule has 0 aliphatic carbocycles. The summed E-state index contributed by atoms with van der Waals surface area (Å²) in [6, 6.07) is 5.77. The van der Waals surface area contributed by atoms with Crippen molar-refractivity contribution >= 4 is 44.4 Å². The fourth-order valence-electron chi connectivity index (χ4n) is 2.30. The second-order valence-electron chi connectivity index (χ2n) is 5.27. The minimum absolute atomic E-state index is 0.0445. The third-order valence-corrected chi connectivity index (χ3v) is 4.87. The molecule has 1 heterocycles. The Labute approximate surface area is 135 Å². The van der Waals surface area contributed by atoms with Gasteiger partial charge in [-0.1, -0.05) is 0 Å². The molecule has 1 fully saturated rings. The Hall–Kier alpha value is -0.140. The first-order valence-electron chi connectivity index (χ1n) is 6.36. The Morgan fingerprint density at radius 1 is 1.42 bits per heavy atom. The molecule has 0 saturated carbocycles. The maximum atomic E-state index is 12.5. The van der Waals surface area contributed by atoms with Gasteiger partial charge in [-0.15, -0.1) is 0 Å². The summed E-state index contributed by atoms with van der Waals surface area (Å²) in [5.41, 5.74) is 0.0608. The van der Waals surface area contributed by atoms with Gasteiger partial charge < -0.3 is 10.0 Å². The molecule has 104 valence electrons. The lowest BCUT2D eigenvalue weighted by Gasteiger charge is -2.23. The fraction of sp³-hybridized carbons (Fsp3) is 0.500. The average Bonchev–Trinajstić information content (AvgIpc) is 2.52. The van der Waals surface area contributed by atoms with Gasteiger partial charge in [0.1, 0.15) is 0 Å². The molecule has 3 nitrogen and oxygen atoms in total. The van der Waals surface area contributed by atoms with Crippen LogP contribution in [0, 0.1) is 3.57 Å². The number of benzene rings is 1. The highest BCUT2D eigenvalue weighted by molar-refractivity contribution is 14.1. The van der Waals surface area contributed by atoms with Crippen LogP contribution < -0.4 is 0 Å². The van der Waals surface area contributed by atoms with Gasteiger partial charge in [0.15, 0.2) is 0 Å². The molecule has 1 aromatic carbocycles. The number of amides is 1. The van der Waals surface area contributed by atoms with Crippen LogP contribution in [0.15, 0.2) is 22.7 Å². The highest BCUT2D eigenvalue weighted by Gasteiger charge is 2.28. The number of nitrogens with zero attached hydrogens (tertiary/aromatic N) is 1. The van der Waals surface area contributed by atoms with Crippen molar-refractivity contribution in [2.75, 3.05) is 13.1 Å². The molecule has 19 heavy (non-hydrogen) atoms. The van der Waals surface area contributed by atoms with Crippen LogP contribution in [0.4, 0.5) is 0 Å². The second-order valence-corrected chi connectivity index (χ2v) is 7.37. The van der Waals surface area contributed by atoms with Gasteiger partial charge >= 0.3 is 0 Å². The fourth-order valence-corrected chi connectivity index (χ4v) is 3.21. The van der Waals surface area contributed by atoms with Gasteiger partial charge in [-0.3, -0.25) is 4.79 Å². The molecular weight excluding hydrogens is 421 g/mol. The zero-order valence-corrected chi connectivity index (χ0v) is 14.6. The summed E-state index contributed by atoms with van der Waals surface area (Å²) < 4.78 is 1.87. The van der Waals surface area contributed by atoms with Crippen molar-refractivity contribution in [3.8, 4) is 0 Å². The Morgan fingerprint density at radius 3 is 2.89 bits per heavy atom. The van der Waals surface area contributed by atoms with Crippen molar-refractivity contribution in [2.24, 2.45) is 0 Å². The summed E-state index contributed by atoms with van der Waals surface area (Å²) in [5.74, 6) is 0.0445. The number of likely N-dealkylation sites (tertiary alicyclic amines) is 1. The normalized spacial score (nSPS) is 24.1. The predicted molar refractivity (Wildman–Crippen MR) is 87.2 cm³/mol. The number of carbonyl (C=O) groups excluding carboxylic acids is 1. The largest absolute Gasteiger partial charge is 0.390 e. The summed E-state index contributed by atoms with van der Waals surface area (Å²) in [7, 11) is 0. The number of aliphatic hydroxyl groups is 1. The van der Waals surface area contributed by atoms with E-state index in [1.165, 1.54) is 0 Å². The molecule has 1 aliphatic heterocycles. The van der Waals surface area contributed by atoms with E-state index < -0.39 is 5.60 Å². The van der Waals surface area contributed by atoms with E-state index in [1.54, 1.807) is 0 Å². The van der Waals surface area contributed by atoms with Gasteiger partial charge in [-0.25, -0.2) is 0 Å². The molecule has 0 bridgehead atoms. The highest BCUT2D eigenvalue weighted by atomic mass is 127. The van der Waals surface area contributed by atoms with Crippen molar-refractivity contribution in [3.63, 3.8) is 0 Å². The molecule has 0 spiro atoms. The van der Waals surface area contributed by atoms with Crippen LogP contribution in [0.2, 0.25) is 0 Å². The summed E-state index contributed by atoms with van der Waals surface area (Å²) in [4.78, 5) is 14.4. The first kappa shape index (κ1) is 15.3. The average molecular weight is 438 g/mol. The Balaban J connectivity index is 2.17. The molecule has 1 aliphatic rings. The lowest BCUT2D eigenvalue weighted by molar-refractivity contribution is 0.0438. The number of hydrogen-bond donors (Lipinski definition) is 1. The first-order chi connectivity index (χ1) is 8.89. The maximum absolute atomic E-state index is 12.5. The van der Waals surface area contributed by atoms with Crippen molar-refractivity contribution in [2.45, 2.75) is 31.8 Å². The lowest BCUT2D eigenvalue weighted by Crippen LogP contribution is -2.33. The zero-order valence-electron chi connectivity index (χ0n) is 10.8. The Bertz CT molecular complexity index is 490. The van der Waals surface area contributed by atoms with E-state index in [-0.39, 0.29) is 5.91 Å². The number of rotatable bonds is 1. The standard InChI is InChI=1S/C14H17BrINO2/c1-14(19)5-2-7-17(8-6-14)13(18)11-9-10(16)3-4-12(11)15/h3-4,9,19H,2,5-8H2,1H3. The lowest BCUT2D eigenvalue weighted by atomic mass is 9.98. The van der Waals surface area contributed by atoms with E-state index in [9.17, 15) is 9.90 Å². The third-order valence-electron chi connectivity index (χ3n) is 3.51. The SMILES string of the molecule is CC1(O)CCCN(C(=O)c2cc(I)ccc2Br)CC1. The van der Waals surface area contributed by atoms with Crippen molar-refractivity contribution in [1.29, 1.82) is 0 Å². The van der Waals surface area contributed by atoms with Gasteiger partial charge in [0, 0.05) is 21.1 Å². The van der Waals surface area contributed by atoms with Crippen molar-refractivity contribution in [3.05, 3.63) is 31.8 Å². The molecule has 1 amide bonds. The maximum Gasteiger partial charge on any atom is 0.255 e. The van der Waals surface area contributed by atoms with Crippen LogP contribution in [-0.2, 0) is 0 Å². The molecule has 1 atom stereocenters. The third kappa shape index (κ3) is 3.92. The molecule has 1 unspecified atom stereocenters. The molecule has 1 N–H and O–H groups in total. The van der Waals surface area contributed by atoms with Crippen LogP contribution in [0.5, 0.6) is 0 Å². The van der Waals surface area contributed by atoms with Crippen molar-refractivity contribution < 1.29 is 9.90 Å².